The lowest BCUT2D eigenvalue weighted by atomic mass is 9.91. The Hall–Kier alpha value is -7.24. The van der Waals surface area contributed by atoms with Crippen LogP contribution < -0.4 is 0 Å². The van der Waals surface area contributed by atoms with Crippen molar-refractivity contribution in [3.8, 4) is 67.5 Å². The minimum Gasteiger partial charge on any atom is -0.455 e. The van der Waals surface area contributed by atoms with E-state index in [0.717, 1.165) is 71.8 Å². The van der Waals surface area contributed by atoms with E-state index in [-0.39, 0.29) is 0 Å². The van der Waals surface area contributed by atoms with Crippen molar-refractivity contribution in [2.24, 2.45) is 0 Å². The molecule has 0 aliphatic carbocycles. The molecule has 0 fully saturated rings. The van der Waals surface area contributed by atoms with Crippen molar-refractivity contribution in [3.63, 3.8) is 0 Å². The zero-order valence-corrected chi connectivity index (χ0v) is 28.5. The Kier molecular flexibility index (Phi) is 7.40. The molecule has 3 aromatic heterocycles. The summed E-state index contributed by atoms with van der Waals surface area (Å²) in [5, 5.41) is 3.18. The average Bonchev–Trinajstić information content (AvgIpc) is 3.63. The van der Waals surface area contributed by atoms with E-state index in [2.05, 4.69) is 103 Å². The van der Waals surface area contributed by atoms with Gasteiger partial charge in [0.05, 0.1) is 11.1 Å². The number of rotatable bonds is 6. The highest BCUT2D eigenvalue weighted by Crippen LogP contribution is 2.39. The van der Waals surface area contributed by atoms with Crippen molar-refractivity contribution in [2.75, 3.05) is 0 Å². The molecule has 53 heavy (non-hydrogen) atoms. The SMILES string of the molecule is c1ccc(-c2ccc(-c3ccc4cccnc4c3-c3ccc(-c4nc(-c5ccccc5)nc(-c5cccc6c5oc5ccccc56)n4)cc3)cc2)cc1. The van der Waals surface area contributed by atoms with Gasteiger partial charge in [0.1, 0.15) is 11.2 Å². The molecular formula is C48H30N4O. The van der Waals surface area contributed by atoms with Gasteiger partial charge in [-0.3, -0.25) is 4.98 Å². The first-order valence-electron chi connectivity index (χ1n) is 17.6. The number of para-hydroxylation sites is 2. The third-order valence-electron chi connectivity index (χ3n) is 9.82. The molecule has 0 N–H and O–H groups in total. The Labute approximate surface area is 305 Å². The molecule has 0 aliphatic heterocycles. The first-order valence-corrected chi connectivity index (χ1v) is 17.6. The van der Waals surface area contributed by atoms with Crippen LogP contribution in [0.15, 0.2) is 187 Å². The molecule has 0 saturated heterocycles. The maximum Gasteiger partial charge on any atom is 0.167 e. The normalized spacial score (nSPS) is 11.4. The van der Waals surface area contributed by atoms with Crippen molar-refractivity contribution in [2.45, 2.75) is 0 Å². The maximum atomic E-state index is 6.40. The first kappa shape index (κ1) is 30.6. The maximum absolute atomic E-state index is 6.40. The lowest BCUT2D eigenvalue weighted by Crippen LogP contribution is -2.00. The van der Waals surface area contributed by atoms with Crippen LogP contribution in [0, 0.1) is 0 Å². The smallest absolute Gasteiger partial charge is 0.167 e. The molecule has 0 unspecified atom stereocenters. The third-order valence-corrected chi connectivity index (χ3v) is 9.82. The molecule has 3 heterocycles. The van der Waals surface area contributed by atoms with E-state index < -0.39 is 0 Å². The number of hydrogen-bond donors (Lipinski definition) is 0. The number of aromatic nitrogens is 4. The molecule has 5 nitrogen and oxygen atoms in total. The summed E-state index contributed by atoms with van der Waals surface area (Å²) in [4.78, 5) is 20.0. The van der Waals surface area contributed by atoms with E-state index in [4.69, 9.17) is 24.4 Å². The Morgan fingerprint density at radius 2 is 0.943 bits per heavy atom. The summed E-state index contributed by atoms with van der Waals surface area (Å²) in [5.74, 6) is 1.74. The van der Waals surface area contributed by atoms with Crippen molar-refractivity contribution in [1.29, 1.82) is 0 Å². The summed E-state index contributed by atoms with van der Waals surface area (Å²) in [6, 6.07) is 60.4. The lowest BCUT2D eigenvalue weighted by molar-refractivity contribution is 0.669. The summed E-state index contributed by atoms with van der Waals surface area (Å²) in [6.07, 6.45) is 1.86. The van der Waals surface area contributed by atoms with Gasteiger partial charge in [0.25, 0.3) is 0 Å². The molecular weight excluding hydrogens is 649 g/mol. The molecule has 0 amide bonds. The molecule has 10 rings (SSSR count). The summed E-state index contributed by atoms with van der Waals surface area (Å²) in [7, 11) is 0. The van der Waals surface area contributed by atoms with Crippen molar-refractivity contribution < 1.29 is 4.42 Å². The van der Waals surface area contributed by atoms with Crippen LogP contribution in [0.3, 0.4) is 0 Å². The second-order valence-corrected chi connectivity index (χ2v) is 13.0. The highest BCUT2D eigenvalue weighted by molar-refractivity contribution is 6.09. The van der Waals surface area contributed by atoms with E-state index in [9.17, 15) is 0 Å². The minimum atomic E-state index is 0.557. The van der Waals surface area contributed by atoms with Gasteiger partial charge in [0, 0.05) is 39.0 Å². The number of furan rings is 1. The Morgan fingerprint density at radius 1 is 0.358 bits per heavy atom. The van der Waals surface area contributed by atoms with Gasteiger partial charge in [-0.25, -0.2) is 15.0 Å². The van der Waals surface area contributed by atoms with Crippen molar-refractivity contribution in [1.82, 2.24) is 19.9 Å². The van der Waals surface area contributed by atoms with E-state index in [0.29, 0.717) is 17.5 Å². The molecule has 0 aliphatic rings. The van der Waals surface area contributed by atoms with E-state index in [1.807, 2.05) is 79.0 Å². The topological polar surface area (TPSA) is 64.7 Å². The molecule has 10 aromatic rings. The summed E-state index contributed by atoms with van der Waals surface area (Å²) >= 11 is 0. The highest BCUT2D eigenvalue weighted by atomic mass is 16.3. The van der Waals surface area contributed by atoms with Gasteiger partial charge in [0.15, 0.2) is 17.5 Å². The fourth-order valence-electron chi connectivity index (χ4n) is 7.20. The van der Waals surface area contributed by atoms with Crippen LogP contribution in [0.1, 0.15) is 0 Å². The van der Waals surface area contributed by atoms with Crippen molar-refractivity contribution >= 4 is 32.8 Å². The third kappa shape index (κ3) is 5.52. The van der Waals surface area contributed by atoms with Crippen LogP contribution in [0.4, 0.5) is 0 Å². The van der Waals surface area contributed by atoms with Gasteiger partial charge in [0.2, 0.25) is 0 Å². The highest BCUT2D eigenvalue weighted by Gasteiger charge is 2.19. The molecule has 0 bridgehead atoms. The first-order chi connectivity index (χ1) is 26.3. The van der Waals surface area contributed by atoms with Crippen molar-refractivity contribution in [3.05, 3.63) is 182 Å². The predicted molar refractivity (Wildman–Crippen MR) is 215 cm³/mol. The zero-order valence-electron chi connectivity index (χ0n) is 28.5. The van der Waals surface area contributed by atoms with Crippen LogP contribution in [0.5, 0.6) is 0 Å². The zero-order chi connectivity index (χ0) is 35.1. The van der Waals surface area contributed by atoms with E-state index >= 15 is 0 Å². The molecule has 0 spiro atoms. The van der Waals surface area contributed by atoms with E-state index in [1.54, 1.807) is 0 Å². The quantitative estimate of drug-likeness (QED) is 0.175. The van der Waals surface area contributed by atoms with Gasteiger partial charge < -0.3 is 4.42 Å². The van der Waals surface area contributed by atoms with E-state index in [1.165, 1.54) is 11.1 Å². The Bertz CT molecular complexity index is 2920. The number of nitrogens with zero attached hydrogens (tertiary/aromatic N) is 4. The van der Waals surface area contributed by atoms with Crippen LogP contribution >= 0.6 is 0 Å². The second-order valence-electron chi connectivity index (χ2n) is 13.0. The molecule has 5 heteroatoms. The largest absolute Gasteiger partial charge is 0.455 e. The lowest BCUT2D eigenvalue weighted by Gasteiger charge is -2.15. The number of hydrogen-bond acceptors (Lipinski definition) is 5. The fraction of sp³-hybridized carbons (Fsp3) is 0. The molecule has 0 saturated carbocycles. The average molecular weight is 679 g/mol. The number of fused-ring (bicyclic) bond motifs is 4. The van der Waals surface area contributed by atoms with Gasteiger partial charge in [-0.1, -0.05) is 158 Å². The summed E-state index contributed by atoms with van der Waals surface area (Å²) < 4.78 is 6.40. The Morgan fingerprint density at radius 3 is 1.72 bits per heavy atom. The van der Waals surface area contributed by atoms with Crippen LogP contribution in [0.25, 0.3) is 100 Å². The van der Waals surface area contributed by atoms with Crippen LogP contribution in [-0.2, 0) is 0 Å². The summed E-state index contributed by atoms with van der Waals surface area (Å²) in [5.41, 5.74) is 11.9. The standard InChI is InChI=1S/C48H30N4O/c1-3-11-31(12-4-1)32-20-22-33(23-21-32)38-29-28-35-15-10-30-49-44(35)43(38)34-24-26-37(27-25-34)47-50-46(36-13-5-2-6-14-36)51-48(52-47)41-18-9-17-40-39-16-7-8-19-42(39)53-45(40)41/h1-30H. The molecule has 7 aromatic carbocycles. The fourth-order valence-corrected chi connectivity index (χ4v) is 7.20. The van der Waals surface area contributed by atoms with Gasteiger partial charge >= 0.3 is 0 Å². The second kappa shape index (κ2) is 12.8. The minimum absolute atomic E-state index is 0.557. The van der Waals surface area contributed by atoms with Gasteiger partial charge in [-0.15, -0.1) is 0 Å². The molecule has 248 valence electrons. The number of benzene rings is 7. The van der Waals surface area contributed by atoms with Crippen LogP contribution in [0.2, 0.25) is 0 Å². The monoisotopic (exact) mass is 678 g/mol. The van der Waals surface area contributed by atoms with Gasteiger partial charge in [-0.05, 0) is 46.0 Å². The predicted octanol–water partition coefficient (Wildman–Crippen LogP) is 12.3. The van der Waals surface area contributed by atoms with Crippen LogP contribution in [-0.4, -0.2) is 19.9 Å². The number of pyridine rings is 1. The van der Waals surface area contributed by atoms with Gasteiger partial charge in [-0.2, -0.15) is 0 Å². The molecule has 0 atom stereocenters. The Balaban J connectivity index is 1.10. The molecule has 0 radical (unpaired) electrons. The summed E-state index contributed by atoms with van der Waals surface area (Å²) in [6.45, 7) is 0.